The Labute approximate surface area is 92.0 Å². The summed E-state index contributed by atoms with van der Waals surface area (Å²) in [5.41, 5.74) is -0.476. The van der Waals surface area contributed by atoms with Gasteiger partial charge in [-0.05, 0) is 26.7 Å². The van der Waals surface area contributed by atoms with Gasteiger partial charge in [0.25, 0.3) is 0 Å². The average Bonchev–Trinajstić information content (AvgIpc) is 2.01. The Hall–Kier alpha value is -0.770. The second kappa shape index (κ2) is 5.95. The molecule has 4 nitrogen and oxygen atoms in total. The molecular formula is C11H23NO3. The topological polar surface area (TPSA) is 58.6 Å². The smallest absolute Gasteiger partial charge is 0.407 e. The molecule has 2 N–H and O–H groups in total. The van der Waals surface area contributed by atoms with Crippen molar-refractivity contribution in [3.63, 3.8) is 0 Å². The van der Waals surface area contributed by atoms with E-state index < -0.39 is 11.7 Å². The molecule has 0 saturated heterocycles. The minimum Gasteiger partial charge on any atom is -0.444 e. The highest BCUT2D eigenvalue weighted by Gasteiger charge is 2.18. The molecule has 0 heterocycles. The third kappa shape index (κ3) is 7.19. The minimum atomic E-state index is -0.476. The van der Waals surface area contributed by atoms with Crippen molar-refractivity contribution in [3.05, 3.63) is 0 Å². The van der Waals surface area contributed by atoms with E-state index in [0.717, 1.165) is 0 Å². The maximum absolute atomic E-state index is 11.3. The van der Waals surface area contributed by atoms with Crippen molar-refractivity contribution in [2.45, 2.75) is 40.2 Å². The molecule has 0 aromatic carbocycles. The van der Waals surface area contributed by atoms with Gasteiger partial charge in [0.2, 0.25) is 0 Å². The Morgan fingerprint density at radius 2 is 1.93 bits per heavy atom. The van der Waals surface area contributed by atoms with E-state index in [1.54, 1.807) is 0 Å². The fraction of sp³-hybridized carbons (Fsp3) is 0.909. The molecule has 0 aliphatic heterocycles. The Kier molecular flexibility index (Phi) is 5.65. The third-order valence-electron chi connectivity index (χ3n) is 2.08. The molecule has 4 heteroatoms. The van der Waals surface area contributed by atoms with Crippen LogP contribution in [0.3, 0.4) is 0 Å². The van der Waals surface area contributed by atoms with Crippen LogP contribution in [0.5, 0.6) is 0 Å². The number of rotatable bonds is 4. The first-order chi connectivity index (χ1) is 6.76. The van der Waals surface area contributed by atoms with Gasteiger partial charge in [0.15, 0.2) is 0 Å². The summed E-state index contributed by atoms with van der Waals surface area (Å²) in [7, 11) is 0. The average molecular weight is 217 g/mol. The number of carbonyl (C=O) groups is 1. The number of hydrogen-bond acceptors (Lipinski definition) is 3. The number of amides is 1. The van der Waals surface area contributed by atoms with Gasteiger partial charge in [-0.2, -0.15) is 0 Å². The molecule has 0 rings (SSSR count). The molecule has 0 aliphatic rings. The molecule has 0 saturated carbocycles. The predicted molar refractivity (Wildman–Crippen MR) is 59.7 cm³/mol. The summed E-state index contributed by atoms with van der Waals surface area (Å²) in [5.74, 6) is 0.419. The zero-order valence-corrected chi connectivity index (χ0v) is 10.3. The summed E-state index contributed by atoms with van der Waals surface area (Å²) in [6.45, 7) is 10.0. The fourth-order valence-corrected chi connectivity index (χ4v) is 1.04. The largest absolute Gasteiger partial charge is 0.444 e. The molecule has 1 atom stereocenters. The lowest BCUT2D eigenvalue weighted by molar-refractivity contribution is 0.0505. The molecule has 0 unspecified atom stereocenters. The molecule has 15 heavy (non-hydrogen) atoms. The van der Waals surface area contributed by atoms with Crippen LogP contribution >= 0.6 is 0 Å². The van der Waals surface area contributed by atoms with Crippen molar-refractivity contribution < 1.29 is 14.6 Å². The minimum absolute atomic E-state index is 0.0768. The summed E-state index contributed by atoms with van der Waals surface area (Å²) >= 11 is 0. The van der Waals surface area contributed by atoms with Gasteiger partial charge >= 0.3 is 6.09 Å². The second-order valence-electron chi connectivity index (χ2n) is 5.07. The van der Waals surface area contributed by atoms with E-state index in [1.165, 1.54) is 0 Å². The molecule has 0 aromatic heterocycles. The van der Waals surface area contributed by atoms with Crippen LogP contribution in [0.15, 0.2) is 0 Å². The predicted octanol–water partition coefficient (Wildman–Crippen LogP) is 1.78. The SMILES string of the molecule is CC(C)[C@@H](CO)CNC(=O)OC(C)(C)C. The maximum Gasteiger partial charge on any atom is 0.407 e. The maximum atomic E-state index is 11.3. The van der Waals surface area contributed by atoms with Gasteiger partial charge in [0.05, 0.1) is 0 Å². The van der Waals surface area contributed by atoms with Crippen molar-refractivity contribution >= 4 is 6.09 Å². The Bertz CT molecular complexity index is 196. The van der Waals surface area contributed by atoms with Crippen LogP contribution in [-0.4, -0.2) is 30.0 Å². The van der Waals surface area contributed by atoms with Crippen molar-refractivity contribution in [1.29, 1.82) is 0 Å². The lowest BCUT2D eigenvalue weighted by atomic mass is 9.97. The molecular weight excluding hydrogens is 194 g/mol. The first-order valence-electron chi connectivity index (χ1n) is 5.34. The normalized spacial score (nSPS) is 13.8. The van der Waals surface area contributed by atoms with Crippen molar-refractivity contribution in [2.24, 2.45) is 11.8 Å². The first kappa shape index (κ1) is 14.2. The van der Waals surface area contributed by atoms with Crippen molar-refractivity contribution in [1.82, 2.24) is 5.32 Å². The van der Waals surface area contributed by atoms with Gasteiger partial charge in [0.1, 0.15) is 5.60 Å². The van der Waals surface area contributed by atoms with Crippen LogP contribution in [-0.2, 0) is 4.74 Å². The molecule has 0 aliphatic carbocycles. The van der Waals surface area contributed by atoms with E-state index in [0.29, 0.717) is 12.5 Å². The van der Waals surface area contributed by atoms with Crippen LogP contribution in [0.4, 0.5) is 4.79 Å². The number of nitrogens with one attached hydrogen (secondary N) is 1. The van der Waals surface area contributed by atoms with Crippen LogP contribution in [0.2, 0.25) is 0 Å². The lowest BCUT2D eigenvalue weighted by Gasteiger charge is -2.22. The molecule has 0 aromatic rings. The summed E-state index contributed by atoms with van der Waals surface area (Å²) in [5, 5.41) is 11.7. The van der Waals surface area contributed by atoms with Gasteiger partial charge in [-0.3, -0.25) is 0 Å². The highest BCUT2D eigenvalue weighted by atomic mass is 16.6. The van der Waals surface area contributed by atoms with E-state index >= 15 is 0 Å². The van der Waals surface area contributed by atoms with Crippen LogP contribution in [0.1, 0.15) is 34.6 Å². The van der Waals surface area contributed by atoms with Gasteiger partial charge < -0.3 is 15.2 Å². The van der Waals surface area contributed by atoms with Gasteiger partial charge in [-0.1, -0.05) is 13.8 Å². The number of aliphatic hydroxyl groups is 1. The number of ether oxygens (including phenoxy) is 1. The van der Waals surface area contributed by atoms with E-state index in [1.807, 2.05) is 34.6 Å². The van der Waals surface area contributed by atoms with E-state index in [-0.39, 0.29) is 12.5 Å². The van der Waals surface area contributed by atoms with E-state index in [9.17, 15) is 4.79 Å². The van der Waals surface area contributed by atoms with Crippen LogP contribution in [0.25, 0.3) is 0 Å². The number of alkyl carbamates (subject to hydrolysis) is 1. The Morgan fingerprint density at radius 1 is 1.40 bits per heavy atom. The number of aliphatic hydroxyl groups excluding tert-OH is 1. The molecule has 90 valence electrons. The number of carbonyl (C=O) groups excluding carboxylic acids is 1. The summed E-state index contributed by atoms with van der Waals surface area (Å²) in [6, 6.07) is 0. The summed E-state index contributed by atoms with van der Waals surface area (Å²) in [6.07, 6.45) is -0.429. The summed E-state index contributed by atoms with van der Waals surface area (Å²) < 4.78 is 5.08. The van der Waals surface area contributed by atoms with Crippen molar-refractivity contribution in [3.8, 4) is 0 Å². The molecule has 0 spiro atoms. The third-order valence-corrected chi connectivity index (χ3v) is 2.08. The fourth-order valence-electron chi connectivity index (χ4n) is 1.04. The molecule has 0 radical (unpaired) electrons. The molecule has 1 amide bonds. The van der Waals surface area contributed by atoms with E-state index in [4.69, 9.17) is 9.84 Å². The highest BCUT2D eigenvalue weighted by molar-refractivity contribution is 5.67. The van der Waals surface area contributed by atoms with Crippen LogP contribution < -0.4 is 5.32 Å². The Balaban J connectivity index is 3.89. The summed E-state index contributed by atoms with van der Waals surface area (Å²) in [4.78, 5) is 11.3. The standard InChI is InChI=1S/C11H23NO3/c1-8(2)9(7-13)6-12-10(14)15-11(3,4)5/h8-9,13H,6-7H2,1-5H3,(H,12,14)/t9-/m1/s1. The highest BCUT2D eigenvalue weighted by Crippen LogP contribution is 2.10. The number of hydrogen-bond donors (Lipinski definition) is 2. The monoisotopic (exact) mass is 217 g/mol. The van der Waals surface area contributed by atoms with E-state index in [2.05, 4.69) is 5.32 Å². The zero-order chi connectivity index (χ0) is 12.1. The Morgan fingerprint density at radius 3 is 2.27 bits per heavy atom. The van der Waals surface area contributed by atoms with Gasteiger partial charge in [0, 0.05) is 19.1 Å². The van der Waals surface area contributed by atoms with Gasteiger partial charge in [-0.25, -0.2) is 4.79 Å². The second-order valence-corrected chi connectivity index (χ2v) is 5.07. The molecule has 0 fully saturated rings. The van der Waals surface area contributed by atoms with Gasteiger partial charge in [-0.15, -0.1) is 0 Å². The quantitative estimate of drug-likeness (QED) is 0.754. The van der Waals surface area contributed by atoms with Crippen LogP contribution in [0, 0.1) is 11.8 Å². The molecule has 0 bridgehead atoms. The zero-order valence-electron chi connectivity index (χ0n) is 10.3. The first-order valence-corrected chi connectivity index (χ1v) is 5.34. The van der Waals surface area contributed by atoms with Crippen molar-refractivity contribution in [2.75, 3.05) is 13.2 Å². The lowest BCUT2D eigenvalue weighted by Crippen LogP contribution is -2.37.